The molecule has 1 aromatic heterocycles. The van der Waals surface area contributed by atoms with E-state index in [9.17, 15) is 4.79 Å². The number of rotatable bonds is 3. The number of ether oxygens (including phenoxy) is 1. The van der Waals surface area contributed by atoms with Crippen molar-refractivity contribution in [3.63, 3.8) is 0 Å². The molecule has 0 spiro atoms. The topological polar surface area (TPSA) is 93.0 Å². The molecule has 20 heavy (non-hydrogen) atoms. The number of aromatic amines is 1. The summed E-state index contributed by atoms with van der Waals surface area (Å²) in [5.74, 6) is 0.681. The molecule has 4 N–H and O–H groups in total. The van der Waals surface area contributed by atoms with Gasteiger partial charge in [-0.15, -0.1) is 0 Å². The first-order valence-corrected chi connectivity index (χ1v) is 6.52. The average molecular weight is 276 g/mol. The lowest BCUT2D eigenvalue weighted by molar-refractivity contribution is 0.0522. The molecule has 0 radical (unpaired) electrons. The van der Waals surface area contributed by atoms with Gasteiger partial charge in [-0.25, -0.2) is 9.78 Å². The summed E-state index contributed by atoms with van der Waals surface area (Å²) in [6, 6.07) is 5.80. The van der Waals surface area contributed by atoms with Gasteiger partial charge in [0.2, 0.25) is 0 Å². The molecular weight excluding hydrogens is 256 g/mol. The van der Waals surface area contributed by atoms with Crippen LogP contribution in [0.1, 0.15) is 32.2 Å². The third-order valence-electron chi connectivity index (χ3n) is 2.63. The van der Waals surface area contributed by atoms with Crippen LogP contribution in [0.5, 0.6) is 0 Å². The Kier molecular flexibility index (Phi) is 3.94. The van der Waals surface area contributed by atoms with E-state index in [2.05, 4.69) is 15.3 Å². The number of amides is 1. The predicted octanol–water partition coefficient (Wildman–Crippen LogP) is 2.05. The number of hydrogen-bond donors (Lipinski definition) is 3. The number of benzene rings is 1. The van der Waals surface area contributed by atoms with Gasteiger partial charge in [-0.05, 0) is 38.5 Å². The fourth-order valence-electron chi connectivity index (χ4n) is 1.79. The number of alkyl carbamates (subject to hydrolysis) is 1. The molecule has 108 valence electrons. The van der Waals surface area contributed by atoms with Gasteiger partial charge in [-0.3, -0.25) is 0 Å². The lowest BCUT2D eigenvalue weighted by atomic mass is 10.2. The summed E-state index contributed by atoms with van der Waals surface area (Å²) in [7, 11) is 0. The first-order valence-electron chi connectivity index (χ1n) is 6.52. The fraction of sp³-hybridized carbons (Fsp3) is 0.429. The molecule has 2 rings (SSSR count). The second-order valence-corrected chi connectivity index (χ2v) is 5.59. The standard InChI is InChI=1S/C14H20N4O2/c1-14(2,3)20-13(19)16-8-12-17-10-5-4-9(7-15)6-11(10)18-12/h4-6H,7-8,15H2,1-3H3,(H,16,19)(H,17,18). The Morgan fingerprint density at radius 2 is 2.20 bits per heavy atom. The number of nitrogens with two attached hydrogens (primary N) is 1. The van der Waals surface area contributed by atoms with E-state index in [0.29, 0.717) is 18.9 Å². The third-order valence-corrected chi connectivity index (χ3v) is 2.63. The summed E-state index contributed by atoms with van der Waals surface area (Å²) < 4.78 is 5.16. The molecular formula is C14H20N4O2. The van der Waals surface area contributed by atoms with Crippen LogP contribution in [0.25, 0.3) is 11.0 Å². The normalized spacial score (nSPS) is 11.6. The van der Waals surface area contributed by atoms with Crippen LogP contribution in [0.2, 0.25) is 0 Å². The Morgan fingerprint density at radius 3 is 2.85 bits per heavy atom. The molecule has 1 amide bonds. The maximum atomic E-state index is 11.6. The van der Waals surface area contributed by atoms with Crippen LogP contribution in [-0.4, -0.2) is 21.7 Å². The molecule has 0 atom stereocenters. The van der Waals surface area contributed by atoms with Gasteiger partial charge in [0.1, 0.15) is 11.4 Å². The highest BCUT2D eigenvalue weighted by atomic mass is 16.6. The molecule has 6 nitrogen and oxygen atoms in total. The van der Waals surface area contributed by atoms with Crippen LogP contribution in [0, 0.1) is 0 Å². The Hall–Kier alpha value is -2.08. The van der Waals surface area contributed by atoms with Crippen LogP contribution in [0.4, 0.5) is 4.79 Å². The molecule has 1 aromatic carbocycles. The summed E-state index contributed by atoms with van der Waals surface area (Å²) >= 11 is 0. The van der Waals surface area contributed by atoms with Crippen molar-refractivity contribution in [2.24, 2.45) is 5.73 Å². The highest BCUT2D eigenvalue weighted by Gasteiger charge is 2.16. The summed E-state index contributed by atoms with van der Waals surface area (Å²) in [5.41, 5.74) is 7.89. The first kappa shape index (κ1) is 14.3. The summed E-state index contributed by atoms with van der Waals surface area (Å²) in [4.78, 5) is 19.1. The number of aromatic nitrogens is 2. The van der Waals surface area contributed by atoms with E-state index >= 15 is 0 Å². The summed E-state index contributed by atoms with van der Waals surface area (Å²) in [5, 5.41) is 2.67. The minimum Gasteiger partial charge on any atom is -0.444 e. The van der Waals surface area contributed by atoms with Crippen molar-refractivity contribution in [2.45, 2.75) is 39.5 Å². The van der Waals surface area contributed by atoms with E-state index in [1.807, 2.05) is 39.0 Å². The number of carbonyl (C=O) groups is 1. The van der Waals surface area contributed by atoms with Gasteiger partial charge in [0.25, 0.3) is 0 Å². The lowest BCUT2D eigenvalue weighted by Gasteiger charge is -2.19. The number of fused-ring (bicyclic) bond motifs is 1. The van der Waals surface area contributed by atoms with Crippen molar-refractivity contribution in [1.29, 1.82) is 0 Å². The van der Waals surface area contributed by atoms with Gasteiger partial charge < -0.3 is 20.8 Å². The van der Waals surface area contributed by atoms with Crippen LogP contribution >= 0.6 is 0 Å². The van der Waals surface area contributed by atoms with Gasteiger partial charge in [-0.1, -0.05) is 6.07 Å². The van der Waals surface area contributed by atoms with E-state index in [-0.39, 0.29) is 0 Å². The number of nitrogens with one attached hydrogen (secondary N) is 2. The Morgan fingerprint density at radius 1 is 1.45 bits per heavy atom. The van der Waals surface area contributed by atoms with E-state index in [1.54, 1.807) is 0 Å². The minimum atomic E-state index is -0.506. The van der Waals surface area contributed by atoms with Gasteiger partial charge >= 0.3 is 6.09 Å². The predicted molar refractivity (Wildman–Crippen MR) is 77.1 cm³/mol. The SMILES string of the molecule is CC(C)(C)OC(=O)NCc1nc2ccc(CN)cc2[nH]1. The van der Waals surface area contributed by atoms with Gasteiger partial charge in [0, 0.05) is 6.54 Å². The van der Waals surface area contributed by atoms with Crippen LogP contribution in [-0.2, 0) is 17.8 Å². The van der Waals surface area contributed by atoms with Gasteiger partial charge in [0.15, 0.2) is 0 Å². The molecule has 6 heteroatoms. The van der Waals surface area contributed by atoms with E-state index in [0.717, 1.165) is 16.6 Å². The van der Waals surface area contributed by atoms with Gasteiger partial charge in [0.05, 0.1) is 17.6 Å². The molecule has 0 fully saturated rings. The van der Waals surface area contributed by atoms with Crippen molar-refractivity contribution >= 4 is 17.1 Å². The Balaban J connectivity index is 2.01. The van der Waals surface area contributed by atoms with Crippen molar-refractivity contribution < 1.29 is 9.53 Å². The number of H-pyrrole nitrogens is 1. The van der Waals surface area contributed by atoms with Crippen LogP contribution < -0.4 is 11.1 Å². The van der Waals surface area contributed by atoms with Gasteiger partial charge in [-0.2, -0.15) is 0 Å². The fourth-order valence-corrected chi connectivity index (χ4v) is 1.79. The smallest absolute Gasteiger partial charge is 0.408 e. The molecule has 1 heterocycles. The van der Waals surface area contributed by atoms with Crippen LogP contribution in [0.15, 0.2) is 18.2 Å². The molecule has 0 saturated carbocycles. The summed E-state index contributed by atoms with van der Waals surface area (Å²) in [6.07, 6.45) is -0.458. The second-order valence-electron chi connectivity index (χ2n) is 5.59. The van der Waals surface area contributed by atoms with Crippen molar-refractivity contribution in [3.8, 4) is 0 Å². The highest BCUT2D eigenvalue weighted by Crippen LogP contribution is 2.13. The van der Waals surface area contributed by atoms with E-state index in [4.69, 9.17) is 10.5 Å². The zero-order valence-electron chi connectivity index (χ0n) is 12.0. The summed E-state index contributed by atoms with van der Waals surface area (Å²) in [6.45, 7) is 6.24. The Bertz CT molecular complexity index is 613. The van der Waals surface area contributed by atoms with E-state index in [1.165, 1.54) is 0 Å². The molecule has 0 saturated heterocycles. The molecule has 0 aliphatic carbocycles. The monoisotopic (exact) mass is 276 g/mol. The molecule has 0 bridgehead atoms. The molecule has 0 unspecified atom stereocenters. The van der Waals surface area contributed by atoms with Crippen molar-refractivity contribution in [2.75, 3.05) is 0 Å². The number of nitrogens with zero attached hydrogens (tertiary/aromatic N) is 1. The second kappa shape index (κ2) is 5.50. The molecule has 0 aliphatic rings. The highest BCUT2D eigenvalue weighted by molar-refractivity contribution is 5.76. The molecule has 0 aliphatic heterocycles. The maximum absolute atomic E-state index is 11.6. The van der Waals surface area contributed by atoms with Crippen LogP contribution in [0.3, 0.4) is 0 Å². The largest absolute Gasteiger partial charge is 0.444 e. The number of carbonyl (C=O) groups excluding carboxylic acids is 1. The van der Waals surface area contributed by atoms with Crippen molar-refractivity contribution in [3.05, 3.63) is 29.6 Å². The first-order chi connectivity index (χ1) is 9.37. The zero-order valence-corrected chi connectivity index (χ0v) is 12.0. The van der Waals surface area contributed by atoms with Crippen molar-refractivity contribution in [1.82, 2.24) is 15.3 Å². The quantitative estimate of drug-likeness (QED) is 0.799. The number of imidazole rings is 1. The average Bonchev–Trinajstić information content (AvgIpc) is 2.75. The molecule has 2 aromatic rings. The zero-order chi connectivity index (χ0) is 14.8. The van der Waals surface area contributed by atoms with E-state index < -0.39 is 11.7 Å². The Labute approximate surface area is 117 Å². The maximum Gasteiger partial charge on any atom is 0.408 e. The number of hydrogen-bond acceptors (Lipinski definition) is 4. The lowest BCUT2D eigenvalue weighted by Crippen LogP contribution is -2.32. The minimum absolute atomic E-state index is 0.293. The third kappa shape index (κ3) is 3.71.